The number of oxazole rings is 1. The third-order valence-electron chi connectivity index (χ3n) is 3.15. The number of hydrogen-bond acceptors (Lipinski definition) is 6. The summed E-state index contributed by atoms with van der Waals surface area (Å²) in [5.74, 6) is -1.56. The smallest absolute Gasteiger partial charge is 0.302 e. The lowest BCUT2D eigenvalue weighted by Crippen LogP contribution is -2.23. The fraction of sp³-hybridized carbons (Fsp3) is 0.0625. The Balaban J connectivity index is 1.60. The molecule has 0 spiro atoms. The average molecular weight is 341 g/mol. The molecule has 2 aromatic heterocycles. The molecular formula is C16H12FN5O3. The summed E-state index contributed by atoms with van der Waals surface area (Å²) in [7, 11) is 0. The van der Waals surface area contributed by atoms with Crippen LogP contribution in [0.15, 0.2) is 53.5 Å². The van der Waals surface area contributed by atoms with Crippen LogP contribution in [-0.2, 0) is 6.54 Å². The van der Waals surface area contributed by atoms with Gasteiger partial charge in [-0.2, -0.15) is 4.98 Å². The monoisotopic (exact) mass is 341 g/mol. The molecule has 0 aliphatic heterocycles. The molecule has 8 nitrogen and oxygen atoms in total. The summed E-state index contributed by atoms with van der Waals surface area (Å²) in [6.45, 7) is -0.000333. The average Bonchev–Trinajstić information content (AvgIpc) is 3.10. The standard InChI is InChI=1S/C16H12FN5O3/c17-11-4-2-1-3-10(11)7-20-14(23)13-9-25-16(21-13)22-15(24)12-8-18-5-6-19-12/h1-6,8-9H,7H2,(H,20,23)(H,21,22,24). The number of aromatic nitrogens is 3. The predicted octanol–water partition coefficient (Wildman–Crippen LogP) is 1.79. The summed E-state index contributed by atoms with van der Waals surface area (Å²) < 4.78 is 18.5. The van der Waals surface area contributed by atoms with Crippen LogP contribution in [0.25, 0.3) is 0 Å². The molecule has 0 aliphatic carbocycles. The molecule has 0 unspecified atom stereocenters. The van der Waals surface area contributed by atoms with Crippen LogP contribution in [0.5, 0.6) is 0 Å². The Kier molecular flexibility index (Phi) is 4.74. The first kappa shape index (κ1) is 16.2. The van der Waals surface area contributed by atoms with Gasteiger partial charge in [0.1, 0.15) is 17.8 Å². The van der Waals surface area contributed by atoms with Gasteiger partial charge in [-0.05, 0) is 6.07 Å². The van der Waals surface area contributed by atoms with E-state index in [9.17, 15) is 14.0 Å². The number of benzene rings is 1. The summed E-state index contributed by atoms with van der Waals surface area (Å²) in [6, 6.07) is 5.93. The number of nitrogens with zero attached hydrogens (tertiary/aromatic N) is 3. The molecule has 0 atom stereocenters. The fourth-order valence-corrected chi connectivity index (χ4v) is 1.92. The highest BCUT2D eigenvalue weighted by atomic mass is 19.1. The van der Waals surface area contributed by atoms with Crippen molar-refractivity contribution in [1.82, 2.24) is 20.3 Å². The SMILES string of the molecule is O=C(NCc1ccccc1F)c1coc(NC(=O)c2cnccn2)n1. The van der Waals surface area contributed by atoms with Gasteiger partial charge in [0.25, 0.3) is 11.8 Å². The van der Waals surface area contributed by atoms with E-state index in [0.717, 1.165) is 6.26 Å². The molecule has 0 bridgehead atoms. The number of nitrogens with one attached hydrogen (secondary N) is 2. The molecule has 25 heavy (non-hydrogen) atoms. The van der Waals surface area contributed by atoms with Crippen molar-refractivity contribution in [3.8, 4) is 0 Å². The lowest BCUT2D eigenvalue weighted by molar-refractivity contribution is 0.0944. The number of amides is 2. The molecule has 1 aromatic carbocycles. The molecule has 2 amide bonds. The van der Waals surface area contributed by atoms with Gasteiger partial charge >= 0.3 is 6.01 Å². The van der Waals surface area contributed by atoms with Gasteiger partial charge in [0.15, 0.2) is 5.69 Å². The van der Waals surface area contributed by atoms with Gasteiger partial charge in [0, 0.05) is 24.5 Å². The minimum absolute atomic E-state index is 0.000333. The van der Waals surface area contributed by atoms with E-state index < -0.39 is 17.6 Å². The molecule has 2 N–H and O–H groups in total. The maximum atomic E-state index is 13.5. The second kappa shape index (κ2) is 7.30. The molecule has 3 aromatic rings. The van der Waals surface area contributed by atoms with Crippen LogP contribution in [0.4, 0.5) is 10.4 Å². The highest BCUT2D eigenvalue weighted by Crippen LogP contribution is 2.10. The Bertz CT molecular complexity index is 898. The Morgan fingerprint density at radius 3 is 2.72 bits per heavy atom. The van der Waals surface area contributed by atoms with Crippen molar-refractivity contribution in [2.24, 2.45) is 0 Å². The number of anilines is 1. The van der Waals surface area contributed by atoms with E-state index in [1.165, 1.54) is 24.7 Å². The van der Waals surface area contributed by atoms with Gasteiger partial charge in [-0.15, -0.1) is 0 Å². The van der Waals surface area contributed by atoms with Gasteiger partial charge < -0.3 is 9.73 Å². The lowest BCUT2D eigenvalue weighted by Gasteiger charge is -2.04. The van der Waals surface area contributed by atoms with E-state index in [1.54, 1.807) is 18.2 Å². The molecule has 0 saturated carbocycles. The Morgan fingerprint density at radius 1 is 1.12 bits per heavy atom. The maximum Gasteiger partial charge on any atom is 0.302 e. The molecule has 0 radical (unpaired) electrons. The quantitative estimate of drug-likeness (QED) is 0.732. The maximum absolute atomic E-state index is 13.5. The van der Waals surface area contributed by atoms with E-state index in [4.69, 9.17) is 4.42 Å². The number of rotatable bonds is 5. The molecule has 0 aliphatic rings. The lowest BCUT2D eigenvalue weighted by atomic mass is 10.2. The molecule has 0 fully saturated rings. The zero-order valence-corrected chi connectivity index (χ0v) is 12.8. The Hall–Kier alpha value is -3.62. The normalized spacial score (nSPS) is 10.3. The first-order valence-electron chi connectivity index (χ1n) is 7.18. The summed E-state index contributed by atoms with van der Waals surface area (Å²) in [5.41, 5.74) is 0.368. The molecule has 2 heterocycles. The van der Waals surface area contributed by atoms with Crippen molar-refractivity contribution in [1.29, 1.82) is 0 Å². The zero-order valence-electron chi connectivity index (χ0n) is 12.8. The van der Waals surface area contributed by atoms with Crippen LogP contribution >= 0.6 is 0 Å². The molecule has 126 valence electrons. The highest BCUT2D eigenvalue weighted by molar-refractivity contribution is 6.01. The molecular weight excluding hydrogens is 329 g/mol. The predicted molar refractivity (Wildman–Crippen MR) is 84.1 cm³/mol. The minimum atomic E-state index is -0.576. The van der Waals surface area contributed by atoms with E-state index in [-0.39, 0.29) is 23.9 Å². The second-order valence-corrected chi connectivity index (χ2v) is 4.86. The topological polar surface area (TPSA) is 110 Å². The van der Waals surface area contributed by atoms with Crippen molar-refractivity contribution in [3.05, 3.63) is 71.9 Å². The van der Waals surface area contributed by atoms with Crippen molar-refractivity contribution in [3.63, 3.8) is 0 Å². The van der Waals surface area contributed by atoms with Crippen LogP contribution in [0.1, 0.15) is 26.5 Å². The summed E-state index contributed by atoms with van der Waals surface area (Å²) in [6.07, 6.45) is 5.16. The van der Waals surface area contributed by atoms with E-state index in [1.807, 2.05) is 0 Å². The second-order valence-electron chi connectivity index (χ2n) is 4.86. The third-order valence-corrected chi connectivity index (χ3v) is 3.15. The van der Waals surface area contributed by atoms with Gasteiger partial charge in [0.05, 0.1) is 6.20 Å². The molecule has 9 heteroatoms. The van der Waals surface area contributed by atoms with Gasteiger partial charge in [-0.1, -0.05) is 18.2 Å². The number of hydrogen-bond donors (Lipinski definition) is 2. The van der Waals surface area contributed by atoms with Crippen LogP contribution in [0, 0.1) is 5.82 Å². The molecule has 3 rings (SSSR count). The van der Waals surface area contributed by atoms with Crippen LogP contribution in [0.3, 0.4) is 0 Å². The minimum Gasteiger partial charge on any atom is -0.431 e. The van der Waals surface area contributed by atoms with Crippen molar-refractivity contribution in [2.45, 2.75) is 6.54 Å². The zero-order chi connectivity index (χ0) is 17.6. The number of carbonyl (C=O) groups is 2. The van der Waals surface area contributed by atoms with Crippen molar-refractivity contribution < 1.29 is 18.4 Å². The van der Waals surface area contributed by atoms with Gasteiger partial charge in [-0.3, -0.25) is 19.9 Å². The van der Waals surface area contributed by atoms with E-state index in [2.05, 4.69) is 25.6 Å². The van der Waals surface area contributed by atoms with Crippen molar-refractivity contribution in [2.75, 3.05) is 5.32 Å². The number of carbonyl (C=O) groups excluding carboxylic acids is 2. The van der Waals surface area contributed by atoms with Gasteiger partial charge in [-0.25, -0.2) is 9.37 Å². The van der Waals surface area contributed by atoms with Crippen LogP contribution < -0.4 is 10.6 Å². The van der Waals surface area contributed by atoms with E-state index >= 15 is 0 Å². The van der Waals surface area contributed by atoms with Crippen molar-refractivity contribution >= 4 is 17.8 Å². The van der Waals surface area contributed by atoms with Crippen LogP contribution in [-0.4, -0.2) is 26.8 Å². The fourth-order valence-electron chi connectivity index (χ4n) is 1.92. The Morgan fingerprint density at radius 2 is 1.96 bits per heavy atom. The summed E-state index contributed by atoms with van der Waals surface area (Å²) >= 11 is 0. The largest absolute Gasteiger partial charge is 0.431 e. The first-order valence-corrected chi connectivity index (χ1v) is 7.18. The third kappa shape index (κ3) is 4.02. The van der Waals surface area contributed by atoms with Crippen LogP contribution in [0.2, 0.25) is 0 Å². The van der Waals surface area contributed by atoms with Gasteiger partial charge in [0.2, 0.25) is 0 Å². The van der Waals surface area contributed by atoms with E-state index in [0.29, 0.717) is 5.56 Å². The first-order chi connectivity index (χ1) is 12.1. The summed E-state index contributed by atoms with van der Waals surface area (Å²) in [5, 5.41) is 4.88. The molecule has 0 saturated heterocycles. The summed E-state index contributed by atoms with van der Waals surface area (Å²) in [4.78, 5) is 35.4. The number of halogens is 1. The Labute approximate surface area is 141 Å². The highest BCUT2D eigenvalue weighted by Gasteiger charge is 2.15.